The minimum absolute atomic E-state index is 0.321. The van der Waals surface area contributed by atoms with E-state index >= 15 is 0 Å². The van der Waals surface area contributed by atoms with Gasteiger partial charge in [-0.05, 0) is 19.1 Å². The van der Waals surface area contributed by atoms with Gasteiger partial charge in [0.15, 0.2) is 0 Å². The Hall–Kier alpha value is -1.13. The van der Waals surface area contributed by atoms with E-state index in [1.165, 1.54) is 10.9 Å². The first-order valence-corrected chi connectivity index (χ1v) is 6.51. The monoisotopic (exact) mass is 270 g/mol. The van der Waals surface area contributed by atoms with E-state index in [1.54, 1.807) is 23.5 Å². The summed E-state index contributed by atoms with van der Waals surface area (Å²) in [5.74, 6) is -0.321. The number of benzene rings is 1. The van der Waals surface area contributed by atoms with Crippen molar-refractivity contribution in [2.75, 3.05) is 11.9 Å². The summed E-state index contributed by atoms with van der Waals surface area (Å²) in [6, 6.07) is 4.66. The third-order valence-corrected chi connectivity index (χ3v) is 3.77. The quantitative estimate of drug-likeness (QED) is 0.911. The molecule has 90 valence electrons. The van der Waals surface area contributed by atoms with Gasteiger partial charge in [0.05, 0.1) is 21.9 Å². The van der Waals surface area contributed by atoms with Gasteiger partial charge in [-0.25, -0.2) is 9.37 Å². The summed E-state index contributed by atoms with van der Waals surface area (Å²) in [6.45, 7) is 2.62. The maximum absolute atomic E-state index is 13.4. The molecule has 1 aromatic heterocycles. The Morgan fingerprint density at radius 2 is 2.29 bits per heavy atom. The second kappa shape index (κ2) is 5.47. The van der Waals surface area contributed by atoms with Crippen molar-refractivity contribution in [1.82, 2.24) is 4.98 Å². The number of halogens is 2. The van der Waals surface area contributed by atoms with Crippen molar-refractivity contribution in [2.45, 2.75) is 13.3 Å². The van der Waals surface area contributed by atoms with Crippen molar-refractivity contribution in [3.63, 3.8) is 0 Å². The van der Waals surface area contributed by atoms with Crippen LogP contribution in [0.2, 0.25) is 5.02 Å². The molecule has 17 heavy (non-hydrogen) atoms. The maximum Gasteiger partial charge on any atom is 0.147 e. The first-order valence-electron chi connectivity index (χ1n) is 5.25. The van der Waals surface area contributed by atoms with E-state index in [0.29, 0.717) is 17.3 Å². The molecule has 0 atom stereocenters. The average Bonchev–Trinajstić information content (AvgIpc) is 2.69. The minimum Gasteiger partial charge on any atom is -0.381 e. The predicted molar refractivity (Wildman–Crippen MR) is 70.5 cm³/mol. The summed E-state index contributed by atoms with van der Waals surface area (Å²) in [6.07, 6.45) is 0.821. The normalized spacial score (nSPS) is 10.5. The molecule has 0 saturated heterocycles. The van der Waals surface area contributed by atoms with E-state index in [9.17, 15) is 4.39 Å². The molecule has 0 aliphatic carbocycles. The highest BCUT2D eigenvalue weighted by molar-refractivity contribution is 7.09. The summed E-state index contributed by atoms with van der Waals surface area (Å²) >= 11 is 7.52. The first kappa shape index (κ1) is 12.3. The fourth-order valence-corrected chi connectivity index (χ4v) is 2.54. The van der Waals surface area contributed by atoms with Crippen LogP contribution in [-0.4, -0.2) is 11.5 Å². The average molecular weight is 271 g/mol. The number of aromatic nitrogens is 1. The van der Waals surface area contributed by atoms with E-state index in [-0.39, 0.29) is 5.82 Å². The zero-order valence-corrected chi connectivity index (χ0v) is 10.9. The second-order valence-corrected chi connectivity index (χ2v) is 4.98. The zero-order valence-electron chi connectivity index (χ0n) is 9.34. The zero-order chi connectivity index (χ0) is 12.3. The Morgan fingerprint density at radius 3 is 2.94 bits per heavy atom. The van der Waals surface area contributed by atoms with E-state index in [2.05, 4.69) is 10.3 Å². The first-order chi connectivity index (χ1) is 8.18. The van der Waals surface area contributed by atoms with Crippen molar-refractivity contribution in [2.24, 2.45) is 0 Å². The third-order valence-electron chi connectivity index (χ3n) is 2.46. The molecule has 5 heteroatoms. The van der Waals surface area contributed by atoms with E-state index in [1.807, 2.05) is 12.4 Å². The fraction of sp³-hybridized carbons (Fsp3) is 0.250. The van der Waals surface area contributed by atoms with Crippen LogP contribution in [0.4, 0.5) is 10.1 Å². The number of para-hydroxylation sites is 1. The number of thiazole rings is 1. The van der Waals surface area contributed by atoms with Crippen LogP contribution in [0.1, 0.15) is 10.6 Å². The van der Waals surface area contributed by atoms with Gasteiger partial charge in [-0.2, -0.15) is 0 Å². The SMILES string of the molecule is Cc1ncsc1CCNc1c(F)cccc1Cl. The molecule has 0 unspecified atom stereocenters. The summed E-state index contributed by atoms with van der Waals surface area (Å²) < 4.78 is 13.4. The van der Waals surface area contributed by atoms with Gasteiger partial charge in [0.25, 0.3) is 0 Å². The number of nitrogens with one attached hydrogen (secondary N) is 1. The molecule has 0 amide bonds. The Balaban J connectivity index is 1.97. The predicted octanol–water partition coefficient (Wildman–Crippen LogP) is 3.90. The van der Waals surface area contributed by atoms with E-state index < -0.39 is 0 Å². The van der Waals surface area contributed by atoms with Gasteiger partial charge in [0.2, 0.25) is 0 Å². The van der Waals surface area contributed by atoms with Gasteiger partial charge < -0.3 is 5.32 Å². The summed E-state index contributed by atoms with van der Waals surface area (Å²) in [7, 11) is 0. The molecule has 1 heterocycles. The lowest BCUT2D eigenvalue weighted by atomic mass is 10.2. The van der Waals surface area contributed by atoms with Crippen LogP contribution >= 0.6 is 22.9 Å². The van der Waals surface area contributed by atoms with Gasteiger partial charge >= 0.3 is 0 Å². The summed E-state index contributed by atoms with van der Waals surface area (Å²) in [5, 5.41) is 3.43. The lowest BCUT2D eigenvalue weighted by Crippen LogP contribution is -2.06. The van der Waals surface area contributed by atoms with Crippen molar-refractivity contribution < 1.29 is 4.39 Å². The number of anilines is 1. The lowest BCUT2D eigenvalue weighted by Gasteiger charge is -2.08. The van der Waals surface area contributed by atoms with Gasteiger partial charge in [-0.1, -0.05) is 17.7 Å². The minimum atomic E-state index is -0.321. The van der Waals surface area contributed by atoms with Crippen LogP contribution in [0.5, 0.6) is 0 Å². The van der Waals surface area contributed by atoms with Crippen LogP contribution in [0.15, 0.2) is 23.7 Å². The molecular weight excluding hydrogens is 259 g/mol. The Morgan fingerprint density at radius 1 is 1.47 bits per heavy atom. The van der Waals surface area contributed by atoms with Crippen LogP contribution in [-0.2, 0) is 6.42 Å². The topological polar surface area (TPSA) is 24.9 Å². The van der Waals surface area contributed by atoms with E-state index in [4.69, 9.17) is 11.6 Å². The molecule has 0 fully saturated rings. The van der Waals surface area contributed by atoms with Crippen LogP contribution in [0, 0.1) is 12.7 Å². The number of hydrogen-bond donors (Lipinski definition) is 1. The Labute approximate surface area is 108 Å². The molecule has 0 spiro atoms. The maximum atomic E-state index is 13.4. The molecule has 1 N–H and O–H groups in total. The largest absolute Gasteiger partial charge is 0.381 e. The number of hydrogen-bond acceptors (Lipinski definition) is 3. The van der Waals surface area contributed by atoms with Gasteiger partial charge in [-0.3, -0.25) is 0 Å². The molecule has 1 aromatic carbocycles. The number of rotatable bonds is 4. The molecule has 0 aliphatic heterocycles. The van der Waals surface area contributed by atoms with Gasteiger partial charge in [0, 0.05) is 17.8 Å². The van der Waals surface area contributed by atoms with Crippen LogP contribution < -0.4 is 5.32 Å². The smallest absolute Gasteiger partial charge is 0.147 e. The number of nitrogens with zero attached hydrogens (tertiary/aromatic N) is 1. The second-order valence-electron chi connectivity index (χ2n) is 3.63. The summed E-state index contributed by atoms with van der Waals surface area (Å²) in [4.78, 5) is 5.38. The summed E-state index contributed by atoms with van der Waals surface area (Å²) in [5.41, 5.74) is 3.23. The van der Waals surface area contributed by atoms with E-state index in [0.717, 1.165) is 12.1 Å². The molecule has 2 aromatic rings. The molecule has 2 nitrogen and oxygen atoms in total. The van der Waals surface area contributed by atoms with Crippen LogP contribution in [0.25, 0.3) is 0 Å². The van der Waals surface area contributed by atoms with Crippen molar-refractivity contribution in [3.8, 4) is 0 Å². The third kappa shape index (κ3) is 2.96. The van der Waals surface area contributed by atoms with Crippen molar-refractivity contribution >= 4 is 28.6 Å². The fourth-order valence-electron chi connectivity index (χ4n) is 1.53. The molecule has 0 bridgehead atoms. The number of aryl methyl sites for hydroxylation is 1. The molecule has 0 radical (unpaired) electrons. The highest BCUT2D eigenvalue weighted by Crippen LogP contribution is 2.24. The van der Waals surface area contributed by atoms with Gasteiger partial charge in [0.1, 0.15) is 5.82 Å². The Kier molecular flexibility index (Phi) is 3.97. The standard InChI is InChI=1S/C12H12ClFN2S/c1-8-11(17-7-16-8)5-6-15-12-9(13)3-2-4-10(12)14/h2-4,7,15H,5-6H2,1H3. The lowest BCUT2D eigenvalue weighted by molar-refractivity contribution is 0.630. The Bertz CT molecular complexity index is 493. The van der Waals surface area contributed by atoms with Crippen molar-refractivity contribution in [1.29, 1.82) is 0 Å². The van der Waals surface area contributed by atoms with Gasteiger partial charge in [-0.15, -0.1) is 11.3 Å². The molecule has 2 rings (SSSR count). The van der Waals surface area contributed by atoms with Crippen LogP contribution in [0.3, 0.4) is 0 Å². The molecule has 0 aliphatic rings. The molecular formula is C12H12ClFN2S. The highest BCUT2D eigenvalue weighted by atomic mass is 35.5. The highest BCUT2D eigenvalue weighted by Gasteiger charge is 2.06. The van der Waals surface area contributed by atoms with Crippen molar-refractivity contribution in [3.05, 3.63) is 45.1 Å². The molecule has 0 saturated carbocycles.